The zero-order chi connectivity index (χ0) is 9.97. The third-order valence-electron chi connectivity index (χ3n) is 3.80. The molecular formula is C14H22. The summed E-state index contributed by atoms with van der Waals surface area (Å²) in [6.07, 6.45) is 14.2. The number of hydrogen-bond acceptors (Lipinski definition) is 0. The summed E-state index contributed by atoms with van der Waals surface area (Å²) < 4.78 is 0. The van der Waals surface area contributed by atoms with Crippen LogP contribution in [0.15, 0.2) is 23.8 Å². The van der Waals surface area contributed by atoms with Crippen LogP contribution in [-0.2, 0) is 0 Å². The van der Waals surface area contributed by atoms with Gasteiger partial charge in [-0.05, 0) is 37.0 Å². The predicted molar refractivity (Wildman–Crippen MR) is 62.1 cm³/mol. The molecule has 1 saturated carbocycles. The lowest BCUT2D eigenvalue weighted by Crippen LogP contribution is -2.10. The number of allylic oxidation sites excluding steroid dienone is 4. The van der Waals surface area contributed by atoms with E-state index in [0.717, 1.165) is 17.8 Å². The second-order valence-corrected chi connectivity index (χ2v) is 4.75. The van der Waals surface area contributed by atoms with Crippen LogP contribution < -0.4 is 0 Å². The van der Waals surface area contributed by atoms with E-state index >= 15 is 0 Å². The van der Waals surface area contributed by atoms with Gasteiger partial charge >= 0.3 is 0 Å². The highest BCUT2D eigenvalue weighted by molar-refractivity contribution is 5.30. The van der Waals surface area contributed by atoms with Crippen molar-refractivity contribution in [2.24, 2.45) is 17.8 Å². The molecule has 0 nitrogen and oxygen atoms in total. The van der Waals surface area contributed by atoms with Crippen LogP contribution in [0.3, 0.4) is 0 Å². The van der Waals surface area contributed by atoms with Crippen LogP contribution in [0.4, 0.5) is 0 Å². The molecule has 3 unspecified atom stereocenters. The molecule has 0 spiro atoms. The molecule has 14 heavy (non-hydrogen) atoms. The lowest BCUT2D eigenvalue weighted by atomic mass is 9.84. The van der Waals surface area contributed by atoms with Crippen molar-refractivity contribution in [2.75, 3.05) is 0 Å². The molecule has 2 rings (SSSR count). The molecule has 3 atom stereocenters. The zero-order valence-electron chi connectivity index (χ0n) is 9.50. The fourth-order valence-electron chi connectivity index (χ4n) is 3.14. The molecule has 0 aliphatic heterocycles. The second-order valence-electron chi connectivity index (χ2n) is 4.75. The van der Waals surface area contributed by atoms with E-state index in [0.29, 0.717) is 0 Å². The maximum Gasteiger partial charge on any atom is -0.00144 e. The Morgan fingerprint density at radius 2 is 2.21 bits per heavy atom. The molecule has 0 radical (unpaired) electrons. The van der Waals surface area contributed by atoms with Gasteiger partial charge in [0.15, 0.2) is 0 Å². The Morgan fingerprint density at radius 3 is 2.93 bits per heavy atom. The van der Waals surface area contributed by atoms with Gasteiger partial charge in [-0.3, -0.25) is 0 Å². The first kappa shape index (κ1) is 10.0. The fraction of sp³-hybridized carbons (Fsp3) is 0.714. The molecule has 78 valence electrons. The van der Waals surface area contributed by atoms with Crippen molar-refractivity contribution in [1.29, 1.82) is 0 Å². The molecule has 0 N–H and O–H groups in total. The van der Waals surface area contributed by atoms with E-state index in [1.807, 2.05) is 0 Å². The first-order valence-corrected chi connectivity index (χ1v) is 6.25. The Balaban J connectivity index is 2.06. The van der Waals surface area contributed by atoms with Crippen molar-refractivity contribution in [1.82, 2.24) is 0 Å². The molecule has 0 saturated heterocycles. The third kappa shape index (κ3) is 1.67. The molecular weight excluding hydrogens is 168 g/mol. The van der Waals surface area contributed by atoms with Gasteiger partial charge in [0.05, 0.1) is 0 Å². The van der Waals surface area contributed by atoms with Crippen LogP contribution in [0.25, 0.3) is 0 Å². The topological polar surface area (TPSA) is 0 Å². The van der Waals surface area contributed by atoms with E-state index in [-0.39, 0.29) is 0 Å². The fourth-order valence-corrected chi connectivity index (χ4v) is 3.14. The van der Waals surface area contributed by atoms with Gasteiger partial charge in [0.1, 0.15) is 0 Å². The predicted octanol–water partition coefficient (Wildman–Crippen LogP) is 4.34. The number of unbranched alkanes of at least 4 members (excludes halogenated alkanes) is 1. The molecule has 0 aromatic carbocycles. The lowest BCUT2D eigenvalue weighted by molar-refractivity contribution is 0.458. The average Bonchev–Trinajstić information content (AvgIpc) is 2.76. The summed E-state index contributed by atoms with van der Waals surface area (Å²) in [6, 6.07) is 0. The summed E-state index contributed by atoms with van der Waals surface area (Å²) in [4.78, 5) is 0. The molecule has 0 heteroatoms. The normalized spacial score (nSPS) is 37.3. The van der Waals surface area contributed by atoms with Gasteiger partial charge < -0.3 is 0 Å². The van der Waals surface area contributed by atoms with Crippen molar-refractivity contribution in [3.05, 3.63) is 23.8 Å². The van der Waals surface area contributed by atoms with Crippen molar-refractivity contribution in [3.63, 3.8) is 0 Å². The van der Waals surface area contributed by atoms with Crippen LogP contribution in [0, 0.1) is 17.8 Å². The summed E-state index contributed by atoms with van der Waals surface area (Å²) in [7, 11) is 0. The van der Waals surface area contributed by atoms with Gasteiger partial charge in [0, 0.05) is 0 Å². The van der Waals surface area contributed by atoms with E-state index in [2.05, 4.69) is 32.1 Å². The maximum atomic E-state index is 2.49. The quantitative estimate of drug-likeness (QED) is 0.579. The summed E-state index contributed by atoms with van der Waals surface area (Å²) in [6.45, 7) is 4.56. The minimum Gasteiger partial charge on any atom is -0.0847 e. The minimum absolute atomic E-state index is 0.821. The largest absolute Gasteiger partial charge is 0.0847 e. The van der Waals surface area contributed by atoms with E-state index in [1.54, 1.807) is 5.57 Å². The molecule has 0 aromatic rings. The van der Waals surface area contributed by atoms with Gasteiger partial charge in [-0.2, -0.15) is 0 Å². The Kier molecular flexibility index (Phi) is 3.10. The Hall–Kier alpha value is -0.520. The van der Waals surface area contributed by atoms with Gasteiger partial charge in [-0.25, -0.2) is 0 Å². The Bertz CT molecular complexity index is 247. The summed E-state index contributed by atoms with van der Waals surface area (Å²) in [5, 5.41) is 0. The molecule has 1 fully saturated rings. The number of hydrogen-bond donors (Lipinski definition) is 0. The van der Waals surface area contributed by atoms with Gasteiger partial charge in [-0.1, -0.05) is 50.5 Å². The van der Waals surface area contributed by atoms with Gasteiger partial charge in [0.25, 0.3) is 0 Å². The number of fused-ring (bicyclic) bond motifs is 2. The van der Waals surface area contributed by atoms with Crippen LogP contribution in [0.2, 0.25) is 0 Å². The molecule has 0 heterocycles. The van der Waals surface area contributed by atoms with E-state index in [9.17, 15) is 0 Å². The Morgan fingerprint density at radius 1 is 1.36 bits per heavy atom. The van der Waals surface area contributed by atoms with Gasteiger partial charge in [-0.15, -0.1) is 0 Å². The van der Waals surface area contributed by atoms with Crippen LogP contribution in [0.5, 0.6) is 0 Å². The van der Waals surface area contributed by atoms with Crippen molar-refractivity contribution < 1.29 is 0 Å². The molecule has 2 aliphatic rings. The molecule has 0 aromatic heterocycles. The minimum atomic E-state index is 0.821. The molecule has 0 amide bonds. The summed E-state index contributed by atoms with van der Waals surface area (Å²) >= 11 is 0. The van der Waals surface area contributed by atoms with Crippen molar-refractivity contribution in [2.45, 2.75) is 46.0 Å². The highest BCUT2D eigenvalue weighted by Gasteiger charge is 2.38. The zero-order valence-corrected chi connectivity index (χ0v) is 9.50. The van der Waals surface area contributed by atoms with E-state index < -0.39 is 0 Å². The second kappa shape index (κ2) is 4.33. The summed E-state index contributed by atoms with van der Waals surface area (Å²) in [5.74, 6) is 2.62. The third-order valence-corrected chi connectivity index (χ3v) is 3.80. The average molecular weight is 190 g/mol. The smallest absolute Gasteiger partial charge is 0.00144 e. The van der Waals surface area contributed by atoms with Crippen molar-refractivity contribution >= 4 is 0 Å². The highest BCUT2D eigenvalue weighted by Crippen LogP contribution is 2.49. The summed E-state index contributed by atoms with van der Waals surface area (Å²) in [5.41, 5.74) is 1.77. The maximum absolute atomic E-state index is 2.49. The van der Waals surface area contributed by atoms with E-state index in [4.69, 9.17) is 0 Å². The Labute approximate surface area is 88.1 Å². The van der Waals surface area contributed by atoms with Gasteiger partial charge in [0.2, 0.25) is 0 Å². The van der Waals surface area contributed by atoms with Crippen LogP contribution >= 0.6 is 0 Å². The van der Waals surface area contributed by atoms with Crippen molar-refractivity contribution in [3.8, 4) is 0 Å². The first-order valence-electron chi connectivity index (χ1n) is 6.25. The number of rotatable bonds is 4. The molecule has 2 bridgehead atoms. The lowest BCUT2D eigenvalue weighted by Gasteiger charge is -2.21. The molecule has 2 aliphatic carbocycles. The van der Waals surface area contributed by atoms with Crippen LogP contribution in [0.1, 0.15) is 46.0 Å². The van der Waals surface area contributed by atoms with Crippen LogP contribution in [-0.4, -0.2) is 0 Å². The first-order chi connectivity index (χ1) is 6.86. The highest BCUT2D eigenvalue weighted by atomic mass is 14.4. The standard InChI is InChI=1S/C14H22/c1-3-5-7-14-12-9-8-11(10-12)13(14)6-4-2/h6,8-9,11-12,14H,3-5,7,10H2,1-2H3. The SMILES string of the molecule is CCC=C1C2C=CC(C2)C1CCCC. The van der Waals surface area contributed by atoms with E-state index in [1.165, 1.54) is 32.1 Å². The monoisotopic (exact) mass is 190 g/mol.